The Morgan fingerprint density at radius 1 is 1.16 bits per heavy atom. The Morgan fingerprint density at radius 2 is 1.84 bits per heavy atom. The quantitative estimate of drug-likeness (QED) is 0.907. The van der Waals surface area contributed by atoms with Crippen LogP contribution in [0, 0.1) is 17.5 Å². The van der Waals surface area contributed by atoms with Gasteiger partial charge >= 0.3 is 0 Å². The molecule has 5 heteroatoms. The summed E-state index contributed by atoms with van der Waals surface area (Å²) in [7, 11) is 0. The van der Waals surface area contributed by atoms with Crippen LogP contribution in [-0.2, 0) is 0 Å². The van der Waals surface area contributed by atoms with Crippen LogP contribution in [-0.4, -0.2) is 30.6 Å². The summed E-state index contributed by atoms with van der Waals surface area (Å²) < 4.78 is 40.0. The molecule has 1 aromatic carbocycles. The number of hydrogen-bond acceptors (Lipinski definition) is 2. The average Bonchev–Trinajstić information content (AvgIpc) is 2.58. The smallest absolute Gasteiger partial charge is 0.152 e. The van der Waals surface area contributed by atoms with Gasteiger partial charge in [0.05, 0.1) is 0 Å². The maximum Gasteiger partial charge on any atom is 0.152 e. The lowest BCUT2D eigenvalue weighted by Crippen LogP contribution is -2.26. The van der Waals surface area contributed by atoms with Gasteiger partial charge in [0, 0.05) is 24.7 Å². The Morgan fingerprint density at radius 3 is 2.47 bits per heavy atom. The van der Waals surface area contributed by atoms with Crippen LogP contribution < -0.4 is 5.32 Å². The van der Waals surface area contributed by atoms with Crippen molar-refractivity contribution in [3.63, 3.8) is 0 Å². The van der Waals surface area contributed by atoms with Crippen LogP contribution in [0.5, 0.6) is 0 Å². The molecule has 1 fully saturated rings. The number of nitrogens with one attached hydrogen (secondary N) is 1. The van der Waals surface area contributed by atoms with Crippen molar-refractivity contribution in [3.05, 3.63) is 29.6 Å². The topological polar surface area (TPSA) is 15.3 Å². The minimum atomic E-state index is -0.890. The van der Waals surface area contributed by atoms with Gasteiger partial charge in [0.25, 0.3) is 0 Å². The average molecular weight is 272 g/mol. The fourth-order valence-electron chi connectivity index (χ4n) is 2.50. The van der Waals surface area contributed by atoms with Crippen LogP contribution in [0.4, 0.5) is 18.9 Å². The molecule has 0 saturated carbocycles. The number of rotatable bonds is 3. The molecule has 2 nitrogen and oxygen atoms in total. The van der Waals surface area contributed by atoms with Gasteiger partial charge in [-0.25, -0.2) is 13.2 Å². The Kier molecular flexibility index (Phi) is 4.69. The monoisotopic (exact) mass is 272 g/mol. The SMILES string of the molecule is CCN1CCCC(Nc2c(F)cc(F)cc2F)CC1. The van der Waals surface area contributed by atoms with E-state index in [4.69, 9.17) is 0 Å². The lowest BCUT2D eigenvalue weighted by molar-refractivity contribution is 0.300. The molecule has 1 atom stereocenters. The standard InChI is InChI=1S/C14H19F3N2/c1-2-19-6-3-4-11(5-7-19)18-14-12(16)8-10(15)9-13(14)17/h8-9,11,18H,2-7H2,1H3. The molecule has 19 heavy (non-hydrogen) atoms. The summed E-state index contributed by atoms with van der Waals surface area (Å²) >= 11 is 0. The van der Waals surface area contributed by atoms with Gasteiger partial charge < -0.3 is 10.2 Å². The second-order valence-corrected chi connectivity index (χ2v) is 4.95. The van der Waals surface area contributed by atoms with E-state index < -0.39 is 17.5 Å². The first-order valence-electron chi connectivity index (χ1n) is 6.73. The van der Waals surface area contributed by atoms with Crippen LogP contribution in [0.25, 0.3) is 0 Å². The highest BCUT2D eigenvalue weighted by Gasteiger charge is 2.19. The maximum atomic E-state index is 13.6. The number of likely N-dealkylation sites (tertiary alicyclic amines) is 1. The van der Waals surface area contributed by atoms with E-state index in [0.717, 1.165) is 38.9 Å². The summed E-state index contributed by atoms with van der Waals surface area (Å²) in [6.45, 7) is 5.03. The summed E-state index contributed by atoms with van der Waals surface area (Å²) in [5.41, 5.74) is -0.212. The molecule has 1 aliphatic rings. The Labute approximate surface area is 111 Å². The zero-order valence-electron chi connectivity index (χ0n) is 11.1. The van der Waals surface area contributed by atoms with Gasteiger partial charge in [-0.3, -0.25) is 0 Å². The van der Waals surface area contributed by atoms with E-state index in [2.05, 4.69) is 17.1 Å². The Bertz CT molecular complexity index is 414. The van der Waals surface area contributed by atoms with Crippen molar-refractivity contribution < 1.29 is 13.2 Å². The Hall–Kier alpha value is -1.23. The highest BCUT2D eigenvalue weighted by atomic mass is 19.1. The van der Waals surface area contributed by atoms with E-state index in [1.54, 1.807) is 0 Å². The molecule has 1 heterocycles. The van der Waals surface area contributed by atoms with Gasteiger partial charge in [-0.2, -0.15) is 0 Å². The van der Waals surface area contributed by atoms with Crippen molar-refractivity contribution in [2.24, 2.45) is 0 Å². The molecule has 0 aliphatic carbocycles. The third kappa shape index (κ3) is 3.62. The van der Waals surface area contributed by atoms with Crippen LogP contribution in [0.2, 0.25) is 0 Å². The largest absolute Gasteiger partial charge is 0.378 e. The molecule has 1 N–H and O–H groups in total. The van der Waals surface area contributed by atoms with Gasteiger partial charge in [-0.15, -0.1) is 0 Å². The van der Waals surface area contributed by atoms with Gasteiger partial charge in [-0.05, 0) is 32.4 Å². The van der Waals surface area contributed by atoms with Crippen molar-refractivity contribution in [3.8, 4) is 0 Å². The lowest BCUT2D eigenvalue weighted by Gasteiger charge is -2.19. The van der Waals surface area contributed by atoms with E-state index in [1.807, 2.05) is 0 Å². The number of benzene rings is 1. The molecular formula is C14H19F3N2. The van der Waals surface area contributed by atoms with E-state index in [1.165, 1.54) is 0 Å². The molecule has 1 saturated heterocycles. The van der Waals surface area contributed by atoms with E-state index >= 15 is 0 Å². The second kappa shape index (κ2) is 6.28. The normalized spacial score (nSPS) is 21.2. The summed E-state index contributed by atoms with van der Waals surface area (Å²) in [5.74, 6) is -2.62. The first kappa shape index (κ1) is 14.2. The van der Waals surface area contributed by atoms with Crippen LogP contribution in [0.1, 0.15) is 26.2 Å². The molecule has 1 aliphatic heterocycles. The molecule has 0 amide bonds. The van der Waals surface area contributed by atoms with Crippen LogP contribution in [0.15, 0.2) is 12.1 Å². The summed E-state index contributed by atoms with van der Waals surface area (Å²) in [4.78, 5) is 2.32. The number of halogens is 3. The third-order valence-electron chi connectivity index (χ3n) is 3.62. The molecule has 0 radical (unpaired) electrons. The first-order chi connectivity index (χ1) is 9.10. The van der Waals surface area contributed by atoms with Crippen LogP contribution >= 0.6 is 0 Å². The molecular weight excluding hydrogens is 253 g/mol. The highest BCUT2D eigenvalue weighted by molar-refractivity contribution is 5.47. The second-order valence-electron chi connectivity index (χ2n) is 4.95. The predicted molar refractivity (Wildman–Crippen MR) is 69.7 cm³/mol. The van der Waals surface area contributed by atoms with E-state index in [9.17, 15) is 13.2 Å². The lowest BCUT2D eigenvalue weighted by atomic mass is 10.1. The minimum absolute atomic E-state index is 0.0333. The molecule has 106 valence electrons. The van der Waals surface area contributed by atoms with Crippen LogP contribution in [0.3, 0.4) is 0 Å². The number of hydrogen-bond donors (Lipinski definition) is 1. The molecule has 2 rings (SSSR count). The van der Waals surface area contributed by atoms with Gasteiger partial charge in [0.2, 0.25) is 0 Å². The van der Waals surface area contributed by atoms with E-state index in [-0.39, 0.29) is 11.7 Å². The van der Waals surface area contributed by atoms with Crippen molar-refractivity contribution in [1.82, 2.24) is 4.90 Å². The maximum absolute atomic E-state index is 13.6. The zero-order valence-corrected chi connectivity index (χ0v) is 11.1. The number of nitrogens with zero attached hydrogens (tertiary/aromatic N) is 1. The zero-order chi connectivity index (χ0) is 13.8. The summed E-state index contributed by atoms with van der Waals surface area (Å²) in [6, 6.07) is 1.45. The molecule has 1 aromatic rings. The summed E-state index contributed by atoms with van der Waals surface area (Å²) in [5, 5.41) is 2.89. The molecule has 0 spiro atoms. The molecule has 1 unspecified atom stereocenters. The fraction of sp³-hybridized carbons (Fsp3) is 0.571. The number of anilines is 1. The van der Waals surface area contributed by atoms with Gasteiger partial charge in [0.15, 0.2) is 11.6 Å². The molecule has 0 aromatic heterocycles. The van der Waals surface area contributed by atoms with Crippen molar-refractivity contribution in [2.45, 2.75) is 32.2 Å². The highest BCUT2D eigenvalue weighted by Crippen LogP contribution is 2.23. The van der Waals surface area contributed by atoms with Crippen molar-refractivity contribution in [1.29, 1.82) is 0 Å². The van der Waals surface area contributed by atoms with Gasteiger partial charge in [0.1, 0.15) is 11.5 Å². The van der Waals surface area contributed by atoms with E-state index in [0.29, 0.717) is 12.1 Å². The van der Waals surface area contributed by atoms with Gasteiger partial charge in [-0.1, -0.05) is 6.92 Å². The van der Waals surface area contributed by atoms with Crippen molar-refractivity contribution in [2.75, 3.05) is 25.0 Å². The molecule has 0 bridgehead atoms. The minimum Gasteiger partial charge on any atom is -0.378 e. The first-order valence-corrected chi connectivity index (χ1v) is 6.73. The Balaban J connectivity index is 2.05. The van der Waals surface area contributed by atoms with Crippen molar-refractivity contribution >= 4 is 5.69 Å². The predicted octanol–water partition coefficient (Wildman–Crippen LogP) is 3.39. The third-order valence-corrected chi connectivity index (χ3v) is 3.62. The fourth-order valence-corrected chi connectivity index (χ4v) is 2.50. The summed E-state index contributed by atoms with van der Waals surface area (Å²) in [6.07, 6.45) is 2.70.